The number of benzene rings is 2. The molecule has 17 heteroatoms. The van der Waals surface area contributed by atoms with Crippen LogP contribution in [0.15, 0.2) is 48.5 Å². The SMILES string of the molecule is CNCC(=O)N[C@H](C(=O)N1C[C@@H](OCC#CC#CCO[C@H]2C[C@@H](C(=O)N[C@@H]3CCCc4ccccc43)N(C(=O)[C@@H](NC(=O)[C@@H](N)CO)C(C)(C)C)C2)C[C@H]1C(=O)N[C@@H]1CCCc2ccccc21)C(C)(C)C. The number of ether oxygens (including phenoxy) is 2. The lowest BCUT2D eigenvalue weighted by Crippen LogP contribution is -2.60. The normalized spacial score (nSPS) is 23.0. The highest BCUT2D eigenvalue weighted by Crippen LogP contribution is 2.34. The van der Waals surface area contributed by atoms with Crippen LogP contribution in [0, 0.1) is 34.5 Å². The second-order valence-electron chi connectivity index (χ2n) is 21.3. The highest BCUT2D eigenvalue weighted by molar-refractivity contribution is 5.95. The maximum absolute atomic E-state index is 14.4. The molecule has 8 N–H and O–H groups in total. The van der Waals surface area contributed by atoms with Gasteiger partial charge in [-0.25, -0.2) is 0 Å². The molecule has 2 heterocycles. The molecule has 4 aliphatic rings. The zero-order valence-electron chi connectivity index (χ0n) is 42.4. The number of rotatable bonds is 16. The number of nitrogens with zero attached hydrogens (tertiary/aromatic N) is 2. The number of fused-ring (bicyclic) bond motifs is 2. The molecule has 2 saturated heterocycles. The molecular formula is C54H74N8O9. The molecule has 0 bridgehead atoms. The summed E-state index contributed by atoms with van der Waals surface area (Å²) < 4.78 is 12.3. The molecule has 6 rings (SSSR count). The van der Waals surface area contributed by atoms with Crippen molar-refractivity contribution in [2.75, 3.05) is 46.5 Å². The molecule has 0 spiro atoms. The van der Waals surface area contributed by atoms with Gasteiger partial charge in [0.2, 0.25) is 35.4 Å². The number of aliphatic hydroxyl groups excluding tert-OH is 1. The fourth-order valence-electron chi connectivity index (χ4n) is 9.98. The van der Waals surface area contributed by atoms with Gasteiger partial charge in [-0.2, -0.15) is 0 Å². The summed E-state index contributed by atoms with van der Waals surface area (Å²) in [7, 11) is 1.65. The first-order chi connectivity index (χ1) is 33.8. The van der Waals surface area contributed by atoms with Gasteiger partial charge in [0.15, 0.2) is 0 Å². The van der Waals surface area contributed by atoms with Crippen molar-refractivity contribution in [1.82, 2.24) is 36.4 Å². The molecule has 0 aromatic heterocycles. The Morgan fingerprint density at radius 2 is 1.14 bits per heavy atom. The van der Waals surface area contributed by atoms with E-state index in [0.29, 0.717) is 0 Å². The number of hydrogen-bond donors (Lipinski definition) is 7. The first-order valence-electron chi connectivity index (χ1n) is 25.0. The number of carbonyl (C=O) groups is 6. The Balaban J connectivity index is 1.10. The Kier molecular flexibility index (Phi) is 18.8. The van der Waals surface area contributed by atoms with Crippen molar-refractivity contribution in [3.63, 3.8) is 0 Å². The molecule has 2 aromatic rings. The molecule has 0 unspecified atom stereocenters. The highest BCUT2D eigenvalue weighted by Gasteiger charge is 2.47. The Morgan fingerprint density at radius 1 is 0.704 bits per heavy atom. The van der Waals surface area contributed by atoms with Crippen molar-refractivity contribution in [2.24, 2.45) is 16.6 Å². The van der Waals surface area contributed by atoms with Gasteiger partial charge in [0.25, 0.3) is 0 Å². The average molecular weight is 979 g/mol. The number of likely N-dealkylation sites (N-methyl/N-ethyl adjacent to an activating group) is 1. The largest absolute Gasteiger partial charge is 0.394 e. The number of aryl methyl sites for hydroxylation is 2. The van der Waals surface area contributed by atoms with Crippen LogP contribution in [0.4, 0.5) is 0 Å². The monoisotopic (exact) mass is 979 g/mol. The summed E-state index contributed by atoms with van der Waals surface area (Å²) in [6, 6.07) is 10.8. The van der Waals surface area contributed by atoms with Crippen LogP contribution >= 0.6 is 0 Å². The molecule has 384 valence electrons. The second-order valence-corrected chi connectivity index (χ2v) is 21.3. The summed E-state index contributed by atoms with van der Waals surface area (Å²) in [5.74, 6) is 8.91. The third kappa shape index (κ3) is 14.2. The number of likely N-dealkylation sites (tertiary alicyclic amines) is 2. The number of amides is 6. The molecular weight excluding hydrogens is 905 g/mol. The van der Waals surface area contributed by atoms with Gasteiger partial charge in [-0.1, -0.05) is 102 Å². The molecule has 2 fully saturated rings. The van der Waals surface area contributed by atoms with E-state index in [0.717, 1.165) is 49.7 Å². The van der Waals surface area contributed by atoms with Crippen molar-refractivity contribution in [3.8, 4) is 23.7 Å². The summed E-state index contributed by atoms with van der Waals surface area (Å²) in [5, 5.41) is 24.4. The van der Waals surface area contributed by atoms with E-state index in [-0.39, 0.29) is 81.4 Å². The van der Waals surface area contributed by atoms with Gasteiger partial charge in [0.05, 0.1) is 37.4 Å². The fourth-order valence-corrected chi connectivity index (χ4v) is 9.98. The first-order valence-corrected chi connectivity index (χ1v) is 25.0. The van der Waals surface area contributed by atoms with Crippen LogP contribution in [0.3, 0.4) is 0 Å². The Morgan fingerprint density at radius 3 is 1.56 bits per heavy atom. The van der Waals surface area contributed by atoms with Gasteiger partial charge in [-0.3, -0.25) is 28.8 Å². The number of carbonyl (C=O) groups excluding carboxylic acids is 6. The summed E-state index contributed by atoms with van der Waals surface area (Å²) in [6.45, 7) is 10.6. The second kappa shape index (κ2) is 24.5. The Hall–Kier alpha value is -5.82. The van der Waals surface area contributed by atoms with Gasteiger partial charge in [0, 0.05) is 25.9 Å². The predicted octanol–water partition coefficient (Wildman–Crippen LogP) is 1.95. The maximum atomic E-state index is 14.4. The van der Waals surface area contributed by atoms with Crippen molar-refractivity contribution < 1.29 is 43.3 Å². The van der Waals surface area contributed by atoms with Gasteiger partial charge in [0.1, 0.15) is 43.4 Å². The lowest BCUT2D eigenvalue weighted by Gasteiger charge is -2.36. The number of nitrogens with two attached hydrogens (primary N) is 1. The molecule has 2 aromatic carbocycles. The van der Waals surface area contributed by atoms with Crippen LogP contribution in [-0.2, 0) is 51.1 Å². The number of nitrogens with one attached hydrogen (secondary N) is 5. The Labute approximate surface area is 418 Å². The van der Waals surface area contributed by atoms with Gasteiger partial charge in [-0.15, -0.1) is 0 Å². The average Bonchev–Trinajstić information content (AvgIpc) is 3.97. The van der Waals surface area contributed by atoms with Gasteiger partial charge in [-0.05, 0) is 90.5 Å². The standard InChI is InChI=1S/C54H74N8O9/c1-53(2,3)46(59-45(64)30-56-7)51(68)61-31-36(28-43(61)49(66)57-41-24-16-20-34-18-10-12-22-38(34)41)70-26-14-8-9-15-27-71-37-29-44(50(67)58-42-25-17-21-35-19-11-13-23-39(35)42)62(32-37)52(69)47(54(4,5)6)60-48(65)40(55)33-63/h10-13,18-19,22-23,36-37,40-44,46-47,56,63H,16-17,20-21,24-33,55H2,1-7H3,(H,57,66)(H,58,67)(H,59,64)(H,60,65)/t36-,37-,40-,41+,42+,43-,44-,46+,47+/m0/s1. The molecule has 17 nitrogen and oxygen atoms in total. The number of hydrogen-bond acceptors (Lipinski definition) is 11. The molecule has 71 heavy (non-hydrogen) atoms. The lowest BCUT2D eigenvalue weighted by molar-refractivity contribution is -0.144. The van der Waals surface area contributed by atoms with Gasteiger partial charge < -0.3 is 56.7 Å². The summed E-state index contributed by atoms with van der Waals surface area (Å²) in [5.41, 5.74) is 8.89. The minimum Gasteiger partial charge on any atom is -0.394 e. The molecule has 9 atom stereocenters. The fraction of sp³-hybridized carbons (Fsp3) is 0.593. The lowest BCUT2D eigenvalue weighted by atomic mass is 9.85. The van der Waals surface area contributed by atoms with Crippen LogP contribution in [0.25, 0.3) is 0 Å². The minimum atomic E-state index is -1.22. The van der Waals surface area contributed by atoms with Crippen molar-refractivity contribution in [2.45, 2.75) is 147 Å². The number of aliphatic hydroxyl groups is 1. The van der Waals surface area contributed by atoms with Crippen molar-refractivity contribution in [3.05, 3.63) is 70.8 Å². The van der Waals surface area contributed by atoms with E-state index in [2.05, 4.69) is 62.4 Å². The van der Waals surface area contributed by atoms with E-state index in [1.165, 1.54) is 20.9 Å². The van der Waals surface area contributed by atoms with Crippen LogP contribution in [0.1, 0.15) is 114 Å². The quantitative estimate of drug-likeness (QED) is 0.120. The predicted molar refractivity (Wildman–Crippen MR) is 268 cm³/mol. The molecule has 2 aliphatic heterocycles. The maximum Gasteiger partial charge on any atom is 0.246 e. The summed E-state index contributed by atoms with van der Waals surface area (Å²) in [6.07, 6.45) is 4.59. The van der Waals surface area contributed by atoms with Crippen molar-refractivity contribution >= 4 is 35.4 Å². The zero-order valence-corrected chi connectivity index (χ0v) is 42.4. The van der Waals surface area contributed by atoms with E-state index < -0.39 is 71.7 Å². The summed E-state index contributed by atoms with van der Waals surface area (Å²) in [4.78, 5) is 85.6. The third-order valence-corrected chi connectivity index (χ3v) is 13.8. The van der Waals surface area contributed by atoms with Crippen LogP contribution in [-0.4, -0.2) is 139 Å². The third-order valence-electron chi connectivity index (χ3n) is 13.8. The molecule has 0 saturated carbocycles. The van der Waals surface area contributed by atoms with E-state index in [4.69, 9.17) is 15.2 Å². The van der Waals surface area contributed by atoms with Crippen molar-refractivity contribution in [1.29, 1.82) is 0 Å². The van der Waals surface area contributed by atoms with E-state index in [1.807, 2.05) is 57.2 Å². The van der Waals surface area contributed by atoms with Crippen LogP contribution in [0.2, 0.25) is 0 Å². The minimum absolute atomic E-state index is 0.0230. The molecule has 2 aliphatic carbocycles. The van der Waals surface area contributed by atoms with Crippen LogP contribution in [0.5, 0.6) is 0 Å². The van der Waals surface area contributed by atoms with E-state index in [9.17, 15) is 33.9 Å². The zero-order chi connectivity index (χ0) is 51.5. The van der Waals surface area contributed by atoms with E-state index in [1.54, 1.807) is 27.8 Å². The van der Waals surface area contributed by atoms with Gasteiger partial charge >= 0.3 is 0 Å². The smallest absolute Gasteiger partial charge is 0.246 e. The first kappa shape index (κ1) is 54.5. The van der Waals surface area contributed by atoms with E-state index >= 15 is 0 Å². The van der Waals surface area contributed by atoms with Crippen LogP contribution < -0.4 is 32.3 Å². The summed E-state index contributed by atoms with van der Waals surface area (Å²) >= 11 is 0. The molecule has 6 amide bonds. The highest BCUT2D eigenvalue weighted by atomic mass is 16.5. The molecule has 0 radical (unpaired) electrons. The Bertz CT molecular complexity index is 2370. The topological polar surface area (TPSA) is 234 Å².